The van der Waals surface area contributed by atoms with Gasteiger partial charge in [0.1, 0.15) is 0 Å². The van der Waals surface area contributed by atoms with Crippen LogP contribution in [0.4, 0.5) is 0 Å². The molecule has 0 radical (unpaired) electrons. The van der Waals surface area contributed by atoms with Crippen LogP contribution in [0.1, 0.15) is 64.9 Å². The van der Waals surface area contributed by atoms with Gasteiger partial charge in [0, 0.05) is 18.5 Å². The lowest BCUT2D eigenvalue weighted by Gasteiger charge is -2.19. The topological polar surface area (TPSA) is 70.6 Å². The van der Waals surface area contributed by atoms with Gasteiger partial charge in [-0.2, -0.15) is 0 Å². The van der Waals surface area contributed by atoms with Crippen LogP contribution in [0.5, 0.6) is 0 Å². The lowest BCUT2D eigenvalue weighted by Crippen LogP contribution is -2.38. The fourth-order valence-electron chi connectivity index (χ4n) is 2.86. The van der Waals surface area contributed by atoms with Gasteiger partial charge in [0.25, 0.3) is 0 Å². The van der Waals surface area contributed by atoms with Crippen molar-refractivity contribution in [2.24, 2.45) is 16.6 Å². The molecule has 3 atom stereocenters. The third-order valence-electron chi connectivity index (χ3n) is 4.19. The number of aliphatic hydroxyl groups is 1. The summed E-state index contributed by atoms with van der Waals surface area (Å²) in [6.07, 6.45) is 3.88. The molecule has 0 saturated heterocycles. The minimum Gasteiger partial charge on any atom is -0.393 e. The van der Waals surface area contributed by atoms with Crippen molar-refractivity contribution in [3.8, 4) is 0 Å². The Morgan fingerprint density at radius 2 is 1.76 bits per heavy atom. The number of nitrogens with one attached hydrogen (secondary N) is 1. The first-order chi connectivity index (χ1) is 11.4. The summed E-state index contributed by atoms with van der Waals surface area (Å²) in [4.78, 5) is 4.51. The molecule has 1 aromatic rings. The fourth-order valence-corrected chi connectivity index (χ4v) is 2.86. The minimum absolute atomic E-state index is 0. The number of nitrogens with two attached hydrogens (primary N) is 1. The molecular weight excluding hydrogens is 425 g/mol. The van der Waals surface area contributed by atoms with Gasteiger partial charge in [-0.15, -0.1) is 24.0 Å². The molecule has 0 spiro atoms. The molecule has 1 rings (SSSR count). The molecule has 1 aromatic carbocycles. The van der Waals surface area contributed by atoms with Gasteiger partial charge in [-0.3, -0.25) is 4.99 Å². The molecule has 144 valence electrons. The van der Waals surface area contributed by atoms with Gasteiger partial charge in [0.2, 0.25) is 0 Å². The first kappa shape index (κ1) is 24.2. The number of aliphatic imine (C=N–C) groups is 1. The summed E-state index contributed by atoms with van der Waals surface area (Å²) < 4.78 is 0. The van der Waals surface area contributed by atoms with Crippen molar-refractivity contribution in [3.05, 3.63) is 35.9 Å². The maximum atomic E-state index is 9.74. The molecule has 0 bridgehead atoms. The van der Waals surface area contributed by atoms with E-state index in [-0.39, 0.29) is 36.0 Å². The number of guanidine groups is 1. The van der Waals surface area contributed by atoms with Gasteiger partial charge in [0.05, 0.1) is 6.10 Å². The number of halogens is 1. The van der Waals surface area contributed by atoms with Crippen LogP contribution in [-0.4, -0.2) is 29.8 Å². The zero-order chi connectivity index (χ0) is 17.9. The average Bonchev–Trinajstić information content (AvgIpc) is 2.51. The van der Waals surface area contributed by atoms with E-state index >= 15 is 0 Å². The highest BCUT2D eigenvalue weighted by Crippen LogP contribution is 2.21. The second kappa shape index (κ2) is 13.4. The Balaban J connectivity index is 0.00000576. The SMILES string of the molecule is CC(C)CCCC(C)NC(N)=NCC(CC(C)O)c1ccccc1.I. The van der Waals surface area contributed by atoms with Crippen LogP contribution in [0.25, 0.3) is 0 Å². The molecule has 0 heterocycles. The van der Waals surface area contributed by atoms with E-state index in [1.54, 1.807) is 0 Å². The predicted molar refractivity (Wildman–Crippen MR) is 119 cm³/mol. The fraction of sp³-hybridized carbons (Fsp3) is 0.650. The molecule has 25 heavy (non-hydrogen) atoms. The van der Waals surface area contributed by atoms with Crippen molar-refractivity contribution in [1.29, 1.82) is 0 Å². The van der Waals surface area contributed by atoms with Gasteiger partial charge >= 0.3 is 0 Å². The monoisotopic (exact) mass is 461 g/mol. The number of nitrogens with zero attached hydrogens (tertiary/aromatic N) is 1. The van der Waals surface area contributed by atoms with E-state index in [1.807, 2.05) is 25.1 Å². The van der Waals surface area contributed by atoms with Crippen molar-refractivity contribution in [3.63, 3.8) is 0 Å². The Labute approximate surface area is 170 Å². The Kier molecular flexibility index (Phi) is 13.0. The van der Waals surface area contributed by atoms with Crippen molar-refractivity contribution in [2.75, 3.05) is 6.54 Å². The van der Waals surface area contributed by atoms with Crippen molar-refractivity contribution in [1.82, 2.24) is 5.32 Å². The largest absolute Gasteiger partial charge is 0.393 e. The third-order valence-corrected chi connectivity index (χ3v) is 4.19. The van der Waals surface area contributed by atoms with Crippen molar-refractivity contribution in [2.45, 2.75) is 71.4 Å². The summed E-state index contributed by atoms with van der Waals surface area (Å²) >= 11 is 0. The zero-order valence-electron chi connectivity index (χ0n) is 16.1. The summed E-state index contributed by atoms with van der Waals surface area (Å²) in [5.41, 5.74) is 7.23. The molecular formula is C20H36IN3O. The van der Waals surface area contributed by atoms with E-state index in [0.29, 0.717) is 25.0 Å². The van der Waals surface area contributed by atoms with E-state index in [4.69, 9.17) is 5.73 Å². The molecule has 0 aliphatic carbocycles. The lowest BCUT2D eigenvalue weighted by atomic mass is 9.93. The van der Waals surface area contributed by atoms with Crippen LogP contribution in [0.15, 0.2) is 35.3 Å². The third kappa shape index (κ3) is 11.4. The molecule has 4 nitrogen and oxygen atoms in total. The van der Waals surface area contributed by atoms with E-state index in [0.717, 1.165) is 12.3 Å². The highest BCUT2D eigenvalue weighted by atomic mass is 127. The first-order valence-electron chi connectivity index (χ1n) is 9.18. The van der Waals surface area contributed by atoms with Gasteiger partial charge in [-0.1, -0.05) is 57.0 Å². The Morgan fingerprint density at radius 1 is 1.12 bits per heavy atom. The number of hydrogen-bond acceptors (Lipinski definition) is 2. The predicted octanol–water partition coefficient (Wildman–Crippen LogP) is 4.28. The van der Waals surface area contributed by atoms with E-state index in [1.165, 1.54) is 18.4 Å². The van der Waals surface area contributed by atoms with E-state index in [2.05, 4.69) is 43.2 Å². The highest BCUT2D eigenvalue weighted by Gasteiger charge is 2.14. The van der Waals surface area contributed by atoms with Crippen LogP contribution in [0.3, 0.4) is 0 Å². The quantitative estimate of drug-likeness (QED) is 0.277. The van der Waals surface area contributed by atoms with E-state index in [9.17, 15) is 5.11 Å². The summed E-state index contributed by atoms with van der Waals surface area (Å²) in [5.74, 6) is 1.43. The van der Waals surface area contributed by atoms with E-state index < -0.39 is 0 Å². The number of rotatable bonds is 10. The standard InChI is InChI=1S/C20H35N3O.HI/c1-15(2)9-8-10-16(3)23-20(21)22-14-19(13-17(4)24)18-11-6-5-7-12-18;/h5-7,11-12,15-17,19,24H,8-10,13-14H2,1-4H3,(H3,21,22,23);1H. The second-order valence-corrected chi connectivity index (χ2v) is 7.29. The van der Waals surface area contributed by atoms with Gasteiger partial charge in [0.15, 0.2) is 5.96 Å². The summed E-state index contributed by atoms with van der Waals surface area (Å²) in [6.45, 7) is 9.05. The number of benzene rings is 1. The average molecular weight is 461 g/mol. The summed E-state index contributed by atoms with van der Waals surface area (Å²) in [5, 5.41) is 13.0. The van der Waals surface area contributed by atoms with Gasteiger partial charge < -0.3 is 16.2 Å². The number of aliphatic hydroxyl groups excluding tert-OH is 1. The molecule has 0 saturated carbocycles. The molecule has 0 amide bonds. The van der Waals surface area contributed by atoms with Gasteiger partial charge in [-0.05, 0) is 38.2 Å². The smallest absolute Gasteiger partial charge is 0.188 e. The molecule has 4 N–H and O–H groups in total. The molecule has 0 aromatic heterocycles. The Morgan fingerprint density at radius 3 is 2.32 bits per heavy atom. The van der Waals surface area contributed by atoms with Crippen molar-refractivity contribution < 1.29 is 5.11 Å². The number of hydrogen-bond donors (Lipinski definition) is 3. The van der Waals surface area contributed by atoms with Crippen molar-refractivity contribution >= 4 is 29.9 Å². The molecule has 0 fully saturated rings. The second-order valence-electron chi connectivity index (χ2n) is 7.29. The minimum atomic E-state index is -0.352. The molecule has 0 aliphatic rings. The Bertz CT molecular complexity index is 477. The maximum absolute atomic E-state index is 9.74. The van der Waals surface area contributed by atoms with Gasteiger partial charge in [-0.25, -0.2) is 0 Å². The maximum Gasteiger partial charge on any atom is 0.188 e. The van der Waals surface area contributed by atoms with Crippen LogP contribution in [0, 0.1) is 5.92 Å². The zero-order valence-corrected chi connectivity index (χ0v) is 18.4. The normalized spacial score (nSPS) is 15.4. The lowest BCUT2D eigenvalue weighted by molar-refractivity contribution is 0.175. The molecule has 5 heteroatoms. The van der Waals surface area contributed by atoms with Crippen LogP contribution < -0.4 is 11.1 Å². The first-order valence-corrected chi connectivity index (χ1v) is 9.18. The van der Waals surface area contributed by atoms with Crippen LogP contribution in [0.2, 0.25) is 0 Å². The highest BCUT2D eigenvalue weighted by molar-refractivity contribution is 14.0. The van der Waals surface area contributed by atoms with Crippen LogP contribution in [-0.2, 0) is 0 Å². The molecule has 3 unspecified atom stereocenters. The van der Waals surface area contributed by atoms with Crippen LogP contribution >= 0.6 is 24.0 Å². The summed E-state index contributed by atoms with van der Waals surface area (Å²) in [7, 11) is 0. The summed E-state index contributed by atoms with van der Waals surface area (Å²) in [6, 6.07) is 10.5. The molecule has 0 aliphatic heterocycles. The Hall–Kier alpha value is -0.820.